The van der Waals surface area contributed by atoms with Gasteiger partial charge in [-0.3, -0.25) is 4.79 Å². The molecule has 3 aromatic rings. The molecule has 166 valence electrons. The van der Waals surface area contributed by atoms with E-state index in [0.717, 1.165) is 34.1 Å². The van der Waals surface area contributed by atoms with Gasteiger partial charge in [0.2, 0.25) is 5.91 Å². The van der Waals surface area contributed by atoms with Crippen molar-refractivity contribution in [3.8, 4) is 0 Å². The number of imide groups is 1. The highest BCUT2D eigenvalue weighted by Gasteiger charge is 2.45. The zero-order valence-corrected chi connectivity index (χ0v) is 19.4. The van der Waals surface area contributed by atoms with Gasteiger partial charge < -0.3 is 4.74 Å². The first kappa shape index (κ1) is 22.4. The summed E-state index contributed by atoms with van der Waals surface area (Å²) < 4.78 is 5.65. The number of nitrogens with zero attached hydrogens (tertiary/aromatic N) is 1. The normalized spacial score (nSPS) is 19.2. The van der Waals surface area contributed by atoms with Crippen LogP contribution < -0.4 is 0 Å². The van der Waals surface area contributed by atoms with Gasteiger partial charge >= 0.3 is 6.09 Å². The van der Waals surface area contributed by atoms with Crippen molar-refractivity contribution >= 4 is 34.5 Å². The van der Waals surface area contributed by atoms with Crippen LogP contribution in [-0.2, 0) is 16.0 Å². The molecule has 5 heteroatoms. The van der Waals surface area contributed by atoms with Crippen LogP contribution in [0.15, 0.2) is 72.8 Å². The third-order valence-corrected chi connectivity index (χ3v) is 7.33. The molecule has 1 saturated heterocycles. The first-order valence-corrected chi connectivity index (χ1v) is 12.4. The fraction of sp³-hybridized carbons (Fsp3) is 0.333. The number of cyclic esters (lactones) is 1. The summed E-state index contributed by atoms with van der Waals surface area (Å²) in [6.45, 7) is 4.04. The first-order chi connectivity index (χ1) is 15.6. The van der Waals surface area contributed by atoms with Crippen LogP contribution in [-0.4, -0.2) is 34.4 Å². The predicted octanol–water partition coefficient (Wildman–Crippen LogP) is 6.25. The van der Waals surface area contributed by atoms with Crippen molar-refractivity contribution in [3.63, 3.8) is 0 Å². The lowest BCUT2D eigenvalue weighted by Crippen LogP contribution is -2.43. The van der Waals surface area contributed by atoms with E-state index in [9.17, 15) is 9.59 Å². The smallest absolute Gasteiger partial charge is 0.417 e. The molecule has 4 rings (SSSR count). The van der Waals surface area contributed by atoms with Crippen molar-refractivity contribution in [2.75, 3.05) is 11.5 Å². The molecule has 3 atom stereocenters. The van der Waals surface area contributed by atoms with Crippen molar-refractivity contribution in [3.05, 3.63) is 83.9 Å². The second kappa shape index (κ2) is 10.2. The molecule has 0 aliphatic carbocycles. The summed E-state index contributed by atoms with van der Waals surface area (Å²) in [4.78, 5) is 27.8. The Bertz CT molecular complexity index is 1080. The van der Waals surface area contributed by atoms with E-state index < -0.39 is 12.2 Å². The molecule has 0 N–H and O–H groups in total. The molecule has 0 aromatic heterocycles. The Kier molecular flexibility index (Phi) is 7.15. The maximum atomic E-state index is 13.7. The lowest BCUT2D eigenvalue weighted by Gasteiger charge is -2.25. The number of hydrogen-bond acceptors (Lipinski definition) is 4. The summed E-state index contributed by atoms with van der Waals surface area (Å²) in [6.07, 6.45) is 0.676. The number of rotatable bonds is 8. The minimum absolute atomic E-state index is 0.141. The average molecular weight is 448 g/mol. The molecule has 32 heavy (non-hydrogen) atoms. The molecule has 1 fully saturated rings. The van der Waals surface area contributed by atoms with Crippen molar-refractivity contribution in [1.29, 1.82) is 0 Å². The van der Waals surface area contributed by atoms with E-state index >= 15 is 0 Å². The Morgan fingerprint density at radius 3 is 2.53 bits per heavy atom. The standard InChI is InChI=1S/C27H29NO3S/c1-3-16-32-18-23(17-22-14-9-13-20-10-7-8-15-24(20)22)26(29)28-19(2)25(31-27(28)30)21-11-5-4-6-12-21/h4-15,19,23,25H,3,16-18H2,1-2H3/t19-,23?,25-/m1/s1. The maximum absolute atomic E-state index is 13.7. The van der Waals surface area contributed by atoms with Crippen LogP contribution in [0.2, 0.25) is 0 Å². The van der Waals surface area contributed by atoms with Crippen LogP contribution in [0.1, 0.15) is 37.5 Å². The van der Waals surface area contributed by atoms with Crippen LogP contribution in [0.25, 0.3) is 10.8 Å². The monoisotopic (exact) mass is 447 g/mol. The van der Waals surface area contributed by atoms with Gasteiger partial charge in [-0.05, 0) is 47.4 Å². The lowest BCUT2D eigenvalue weighted by atomic mass is 9.94. The van der Waals surface area contributed by atoms with Gasteiger partial charge in [0.15, 0.2) is 0 Å². The van der Waals surface area contributed by atoms with E-state index in [0.29, 0.717) is 12.2 Å². The molecule has 1 unspecified atom stereocenters. The van der Waals surface area contributed by atoms with Gasteiger partial charge in [0, 0.05) is 5.75 Å². The third-order valence-electron chi connectivity index (χ3n) is 6.00. The lowest BCUT2D eigenvalue weighted by molar-refractivity contribution is -0.132. The minimum Gasteiger partial charge on any atom is -0.439 e. The average Bonchev–Trinajstić information content (AvgIpc) is 3.12. The van der Waals surface area contributed by atoms with Crippen LogP contribution in [0, 0.1) is 5.92 Å². The molecule has 4 nitrogen and oxygen atoms in total. The minimum atomic E-state index is -0.542. The summed E-state index contributed by atoms with van der Waals surface area (Å²) in [5.74, 6) is 1.24. The number of hydrogen-bond donors (Lipinski definition) is 0. The number of amides is 2. The van der Waals surface area contributed by atoms with Gasteiger partial charge in [-0.1, -0.05) is 79.7 Å². The van der Waals surface area contributed by atoms with E-state index in [2.05, 4.69) is 31.2 Å². The Balaban J connectivity index is 1.59. The fourth-order valence-corrected chi connectivity index (χ4v) is 5.37. The Morgan fingerprint density at radius 1 is 1.03 bits per heavy atom. The van der Waals surface area contributed by atoms with Crippen molar-refractivity contribution in [2.45, 2.75) is 38.8 Å². The molecule has 0 spiro atoms. The Hall–Kier alpha value is -2.79. The van der Waals surface area contributed by atoms with Gasteiger partial charge in [0.1, 0.15) is 6.10 Å². The quantitative estimate of drug-likeness (QED) is 0.383. The number of thioether (sulfide) groups is 1. The number of benzene rings is 3. The largest absolute Gasteiger partial charge is 0.439 e. The Labute approximate surface area is 193 Å². The molecule has 1 aliphatic heterocycles. The number of ether oxygens (including phenoxy) is 1. The summed E-state index contributed by atoms with van der Waals surface area (Å²) in [7, 11) is 0. The summed E-state index contributed by atoms with van der Waals surface area (Å²) >= 11 is 1.77. The molecule has 0 bridgehead atoms. The highest BCUT2D eigenvalue weighted by molar-refractivity contribution is 7.99. The molecule has 2 amide bonds. The highest BCUT2D eigenvalue weighted by atomic mass is 32.2. The summed E-state index contributed by atoms with van der Waals surface area (Å²) in [6, 6.07) is 23.8. The van der Waals surface area contributed by atoms with Gasteiger partial charge in [-0.2, -0.15) is 11.8 Å². The SMILES string of the molecule is CCCSCC(Cc1cccc2ccccc12)C(=O)N1C(=O)O[C@@H](c2ccccc2)[C@H]1C. The van der Waals surface area contributed by atoms with Gasteiger partial charge in [-0.25, -0.2) is 9.69 Å². The predicted molar refractivity (Wildman–Crippen MR) is 131 cm³/mol. The van der Waals surface area contributed by atoms with Gasteiger partial charge in [0.25, 0.3) is 0 Å². The topological polar surface area (TPSA) is 46.6 Å². The maximum Gasteiger partial charge on any atom is 0.417 e. The van der Waals surface area contributed by atoms with Crippen LogP contribution in [0.4, 0.5) is 4.79 Å². The van der Waals surface area contributed by atoms with Crippen molar-refractivity contribution < 1.29 is 14.3 Å². The highest BCUT2D eigenvalue weighted by Crippen LogP contribution is 2.34. The van der Waals surface area contributed by atoms with E-state index in [1.54, 1.807) is 11.8 Å². The number of carbonyl (C=O) groups excluding carboxylic acids is 2. The molecular weight excluding hydrogens is 418 g/mol. The van der Waals surface area contributed by atoms with E-state index in [-0.39, 0.29) is 17.9 Å². The summed E-state index contributed by atoms with van der Waals surface area (Å²) in [5.41, 5.74) is 2.05. The van der Waals surface area contributed by atoms with Crippen LogP contribution in [0.5, 0.6) is 0 Å². The molecule has 1 aliphatic rings. The van der Waals surface area contributed by atoms with E-state index in [1.807, 2.05) is 55.5 Å². The van der Waals surface area contributed by atoms with E-state index in [4.69, 9.17) is 4.74 Å². The zero-order valence-electron chi connectivity index (χ0n) is 18.6. The first-order valence-electron chi connectivity index (χ1n) is 11.2. The zero-order chi connectivity index (χ0) is 22.5. The second-order valence-electron chi connectivity index (χ2n) is 8.28. The van der Waals surface area contributed by atoms with Crippen LogP contribution >= 0.6 is 11.8 Å². The van der Waals surface area contributed by atoms with Crippen molar-refractivity contribution in [2.24, 2.45) is 5.92 Å². The van der Waals surface area contributed by atoms with E-state index in [1.165, 1.54) is 4.90 Å². The molecule has 0 radical (unpaired) electrons. The molecule has 3 aromatic carbocycles. The number of carbonyl (C=O) groups is 2. The number of fused-ring (bicyclic) bond motifs is 1. The molecular formula is C27H29NO3S. The molecule has 0 saturated carbocycles. The van der Waals surface area contributed by atoms with Crippen molar-refractivity contribution in [1.82, 2.24) is 4.90 Å². The Morgan fingerprint density at radius 2 is 1.75 bits per heavy atom. The summed E-state index contributed by atoms with van der Waals surface area (Å²) in [5, 5.41) is 2.32. The van der Waals surface area contributed by atoms with Gasteiger partial charge in [-0.15, -0.1) is 0 Å². The second-order valence-corrected chi connectivity index (χ2v) is 9.43. The molecule has 1 heterocycles. The van der Waals surface area contributed by atoms with Gasteiger partial charge in [0.05, 0.1) is 12.0 Å². The fourth-order valence-electron chi connectivity index (χ4n) is 4.37. The van der Waals surface area contributed by atoms with Crippen LogP contribution in [0.3, 0.4) is 0 Å². The third kappa shape index (κ3) is 4.68.